The lowest BCUT2D eigenvalue weighted by Crippen LogP contribution is -2.22. The van der Waals surface area contributed by atoms with Crippen molar-refractivity contribution in [2.75, 3.05) is 24.8 Å². The first kappa shape index (κ1) is 13.7. The second-order valence-electron chi connectivity index (χ2n) is 4.35. The minimum atomic E-state index is -0.343. The van der Waals surface area contributed by atoms with Crippen molar-refractivity contribution in [2.24, 2.45) is 0 Å². The van der Waals surface area contributed by atoms with E-state index in [-0.39, 0.29) is 11.9 Å². The zero-order chi connectivity index (χ0) is 14.0. The monoisotopic (exact) mass is 280 g/mol. The number of nitrogens with two attached hydrogens (primary N) is 1. The zero-order valence-corrected chi connectivity index (χ0v) is 12.0. The summed E-state index contributed by atoms with van der Waals surface area (Å²) in [5.41, 5.74) is 6.48. The summed E-state index contributed by atoms with van der Waals surface area (Å²) < 4.78 is 19.2. The summed E-state index contributed by atoms with van der Waals surface area (Å²) in [5, 5.41) is 2.01. The third kappa shape index (κ3) is 2.66. The Bertz CT molecular complexity index is 557. The fourth-order valence-electron chi connectivity index (χ4n) is 1.93. The first-order valence-electron chi connectivity index (χ1n) is 5.93. The molecule has 1 unspecified atom stereocenters. The third-order valence-electron chi connectivity index (χ3n) is 3.22. The van der Waals surface area contributed by atoms with E-state index in [0.29, 0.717) is 17.1 Å². The van der Waals surface area contributed by atoms with Crippen LogP contribution < -0.4 is 15.4 Å². The summed E-state index contributed by atoms with van der Waals surface area (Å²) in [6.07, 6.45) is 0. The highest BCUT2D eigenvalue weighted by atomic mass is 32.1. The number of ether oxygens (including phenoxy) is 1. The largest absolute Gasteiger partial charge is 0.495 e. The maximum absolute atomic E-state index is 14.0. The molecular weight excluding hydrogens is 263 g/mol. The van der Waals surface area contributed by atoms with Crippen LogP contribution in [0.25, 0.3) is 0 Å². The molecule has 1 aromatic heterocycles. The molecule has 0 amide bonds. The van der Waals surface area contributed by atoms with Gasteiger partial charge in [0.2, 0.25) is 0 Å². The minimum absolute atomic E-state index is 0.0860. The maximum atomic E-state index is 14.0. The number of hydrogen-bond acceptors (Lipinski definition) is 4. The van der Waals surface area contributed by atoms with Crippen LogP contribution in [0, 0.1) is 5.82 Å². The Morgan fingerprint density at radius 3 is 2.74 bits per heavy atom. The van der Waals surface area contributed by atoms with E-state index >= 15 is 0 Å². The topological polar surface area (TPSA) is 38.5 Å². The van der Waals surface area contributed by atoms with Gasteiger partial charge < -0.3 is 15.4 Å². The average molecular weight is 280 g/mol. The lowest BCUT2D eigenvalue weighted by Gasteiger charge is -2.27. The molecule has 0 aliphatic rings. The number of rotatable bonds is 4. The van der Waals surface area contributed by atoms with Gasteiger partial charge in [0, 0.05) is 24.1 Å². The first-order chi connectivity index (χ1) is 9.04. The molecule has 1 aromatic carbocycles. The molecule has 1 atom stereocenters. The molecule has 0 saturated heterocycles. The normalized spacial score (nSPS) is 12.2. The van der Waals surface area contributed by atoms with Crippen LogP contribution in [0.3, 0.4) is 0 Å². The Hall–Kier alpha value is -1.75. The van der Waals surface area contributed by atoms with E-state index in [0.717, 1.165) is 0 Å². The molecule has 2 rings (SSSR count). The van der Waals surface area contributed by atoms with Crippen LogP contribution in [-0.2, 0) is 0 Å². The van der Waals surface area contributed by atoms with Gasteiger partial charge in [0.15, 0.2) is 0 Å². The fourth-order valence-corrected chi connectivity index (χ4v) is 2.76. The van der Waals surface area contributed by atoms with Gasteiger partial charge in [-0.2, -0.15) is 0 Å². The summed E-state index contributed by atoms with van der Waals surface area (Å²) in [7, 11) is 3.38. The quantitative estimate of drug-likeness (QED) is 0.868. The number of thiophene rings is 1. The molecule has 3 nitrogen and oxygen atoms in total. The summed E-state index contributed by atoms with van der Waals surface area (Å²) in [6, 6.07) is 7.05. The second-order valence-corrected chi connectivity index (χ2v) is 5.33. The van der Waals surface area contributed by atoms with Crippen LogP contribution in [-0.4, -0.2) is 14.2 Å². The predicted molar refractivity (Wildman–Crippen MR) is 78.5 cm³/mol. The van der Waals surface area contributed by atoms with Gasteiger partial charge in [-0.05, 0) is 18.4 Å². The van der Waals surface area contributed by atoms with Crippen molar-refractivity contribution >= 4 is 22.7 Å². The summed E-state index contributed by atoms with van der Waals surface area (Å²) in [4.78, 5) is 3.06. The number of nitrogens with zero attached hydrogens (tertiary/aromatic N) is 1. The van der Waals surface area contributed by atoms with Crippen LogP contribution in [0.1, 0.15) is 17.8 Å². The molecule has 0 radical (unpaired) electrons. The van der Waals surface area contributed by atoms with Crippen molar-refractivity contribution in [3.8, 4) is 5.75 Å². The SMILES string of the molecule is COc1cc(N(C)C(C)c2cccs2)c(F)cc1N. The standard InChI is InChI=1S/C14H17FN2OS/c1-9(14-5-4-6-19-14)17(2)12-8-13(18-3)11(16)7-10(12)15/h4-9H,16H2,1-3H3. The molecule has 0 saturated carbocycles. The zero-order valence-electron chi connectivity index (χ0n) is 11.2. The van der Waals surface area contributed by atoms with Crippen molar-refractivity contribution in [3.05, 3.63) is 40.3 Å². The number of methoxy groups -OCH3 is 1. The van der Waals surface area contributed by atoms with Gasteiger partial charge in [-0.3, -0.25) is 0 Å². The minimum Gasteiger partial charge on any atom is -0.495 e. The Morgan fingerprint density at radius 2 is 2.16 bits per heavy atom. The summed E-state index contributed by atoms with van der Waals surface area (Å²) >= 11 is 1.65. The summed E-state index contributed by atoms with van der Waals surface area (Å²) in [5.74, 6) is 0.144. The second kappa shape index (κ2) is 5.48. The van der Waals surface area contributed by atoms with E-state index in [1.165, 1.54) is 18.1 Å². The van der Waals surface area contributed by atoms with Crippen LogP contribution in [0.15, 0.2) is 29.6 Å². The fraction of sp³-hybridized carbons (Fsp3) is 0.286. The van der Waals surface area contributed by atoms with E-state index in [4.69, 9.17) is 10.5 Å². The Kier molecular flexibility index (Phi) is 3.95. The van der Waals surface area contributed by atoms with Gasteiger partial charge in [0.1, 0.15) is 11.6 Å². The van der Waals surface area contributed by atoms with Gasteiger partial charge >= 0.3 is 0 Å². The Balaban J connectivity index is 2.35. The number of halogens is 1. The number of nitrogen functional groups attached to an aromatic ring is 1. The molecule has 0 spiro atoms. The van der Waals surface area contributed by atoms with E-state index in [2.05, 4.69) is 0 Å². The van der Waals surface area contributed by atoms with Crippen molar-refractivity contribution < 1.29 is 9.13 Å². The van der Waals surface area contributed by atoms with Crippen molar-refractivity contribution in [1.29, 1.82) is 0 Å². The number of benzene rings is 1. The highest BCUT2D eigenvalue weighted by molar-refractivity contribution is 7.10. The third-order valence-corrected chi connectivity index (χ3v) is 4.26. The average Bonchev–Trinajstić information content (AvgIpc) is 2.91. The number of anilines is 2. The Labute approximate surface area is 116 Å². The highest BCUT2D eigenvalue weighted by Gasteiger charge is 2.18. The maximum Gasteiger partial charge on any atom is 0.148 e. The van der Waals surface area contributed by atoms with Gasteiger partial charge in [-0.1, -0.05) is 6.07 Å². The first-order valence-corrected chi connectivity index (χ1v) is 6.81. The van der Waals surface area contributed by atoms with Crippen LogP contribution in [0.2, 0.25) is 0 Å². The molecule has 5 heteroatoms. The van der Waals surface area contributed by atoms with E-state index in [9.17, 15) is 4.39 Å². The van der Waals surface area contributed by atoms with Crippen molar-refractivity contribution in [1.82, 2.24) is 0 Å². The smallest absolute Gasteiger partial charge is 0.148 e. The highest BCUT2D eigenvalue weighted by Crippen LogP contribution is 2.34. The van der Waals surface area contributed by atoms with Gasteiger partial charge in [0.05, 0.1) is 24.5 Å². The van der Waals surface area contributed by atoms with Gasteiger partial charge in [-0.25, -0.2) is 4.39 Å². The van der Waals surface area contributed by atoms with Crippen LogP contribution >= 0.6 is 11.3 Å². The lowest BCUT2D eigenvalue weighted by molar-refractivity contribution is 0.416. The lowest BCUT2D eigenvalue weighted by atomic mass is 10.2. The molecule has 1 heterocycles. The summed E-state index contributed by atoms with van der Waals surface area (Å²) in [6.45, 7) is 2.04. The molecule has 0 bridgehead atoms. The van der Waals surface area contributed by atoms with Crippen LogP contribution in [0.5, 0.6) is 5.75 Å². The molecule has 0 aliphatic carbocycles. The van der Waals surface area contributed by atoms with Crippen LogP contribution in [0.4, 0.5) is 15.8 Å². The molecule has 2 aromatic rings. The van der Waals surface area contributed by atoms with Gasteiger partial charge in [-0.15, -0.1) is 11.3 Å². The van der Waals surface area contributed by atoms with E-state index < -0.39 is 0 Å². The predicted octanol–water partition coefficient (Wildman–Crippen LogP) is 3.68. The molecular formula is C14H17FN2OS. The van der Waals surface area contributed by atoms with E-state index in [1.807, 2.05) is 36.4 Å². The Morgan fingerprint density at radius 1 is 1.42 bits per heavy atom. The van der Waals surface area contributed by atoms with Crippen molar-refractivity contribution in [3.63, 3.8) is 0 Å². The van der Waals surface area contributed by atoms with Gasteiger partial charge in [0.25, 0.3) is 0 Å². The van der Waals surface area contributed by atoms with Crippen molar-refractivity contribution in [2.45, 2.75) is 13.0 Å². The molecule has 0 fully saturated rings. The molecule has 0 aliphatic heterocycles. The molecule has 102 valence electrons. The number of hydrogen-bond donors (Lipinski definition) is 1. The molecule has 19 heavy (non-hydrogen) atoms. The molecule has 2 N–H and O–H groups in total. The van der Waals surface area contributed by atoms with E-state index in [1.54, 1.807) is 17.4 Å².